The minimum atomic E-state index is -0.264. The molecule has 16 heavy (non-hydrogen) atoms. The van der Waals surface area contributed by atoms with Crippen LogP contribution in [0.2, 0.25) is 0 Å². The van der Waals surface area contributed by atoms with Gasteiger partial charge in [0.25, 0.3) is 0 Å². The van der Waals surface area contributed by atoms with Crippen LogP contribution in [0.3, 0.4) is 0 Å². The fraction of sp³-hybridized carbons (Fsp3) is 0.846. The summed E-state index contributed by atoms with van der Waals surface area (Å²) in [7, 11) is 3.97. The van der Waals surface area contributed by atoms with Gasteiger partial charge in [-0.25, -0.2) is 0 Å². The zero-order valence-corrected chi connectivity index (χ0v) is 10.7. The predicted molar refractivity (Wildman–Crippen MR) is 68.5 cm³/mol. The second-order valence-corrected chi connectivity index (χ2v) is 5.13. The first-order valence-electron chi connectivity index (χ1n) is 6.30. The van der Waals surface area contributed by atoms with Crippen molar-refractivity contribution >= 4 is 0 Å². The number of allylic oxidation sites excluding steroid dienone is 1. The highest BCUT2D eigenvalue weighted by atomic mass is 16.3. The van der Waals surface area contributed by atoms with Gasteiger partial charge >= 0.3 is 0 Å². The molecule has 3 nitrogen and oxygen atoms in total. The van der Waals surface area contributed by atoms with E-state index in [0.717, 1.165) is 25.3 Å². The molecule has 1 saturated carbocycles. The van der Waals surface area contributed by atoms with E-state index in [1.54, 1.807) is 0 Å². The molecule has 1 rings (SSSR count). The number of likely N-dealkylation sites (N-methyl/N-ethyl adjacent to an activating group) is 1. The largest absolute Gasteiger partial charge is 0.390 e. The lowest BCUT2D eigenvalue weighted by Gasteiger charge is -2.21. The Morgan fingerprint density at radius 2 is 2.19 bits per heavy atom. The molecular formula is C13H26N2O. The summed E-state index contributed by atoms with van der Waals surface area (Å²) in [4.78, 5) is 2.02. The Hall–Kier alpha value is -0.380. The van der Waals surface area contributed by atoms with Gasteiger partial charge in [-0.1, -0.05) is 6.08 Å². The molecule has 0 amide bonds. The van der Waals surface area contributed by atoms with Crippen LogP contribution in [0.1, 0.15) is 25.7 Å². The lowest BCUT2D eigenvalue weighted by atomic mass is 10.1. The standard InChI is InChI=1S/C13H26N2O/c1-4-5-6-13(11-7-8-11)14-9-12(16)10-15(2)3/h4,11-14,16H,1,5-10H2,2-3H3. The maximum absolute atomic E-state index is 9.77. The molecule has 0 aromatic heterocycles. The Balaban J connectivity index is 2.18. The van der Waals surface area contributed by atoms with Crippen molar-refractivity contribution in [1.29, 1.82) is 0 Å². The van der Waals surface area contributed by atoms with Crippen molar-refractivity contribution < 1.29 is 5.11 Å². The molecule has 3 heteroatoms. The molecule has 1 aliphatic carbocycles. The highest BCUT2D eigenvalue weighted by Crippen LogP contribution is 2.34. The molecule has 0 aromatic rings. The summed E-state index contributed by atoms with van der Waals surface area (Å²) in [6, 6.07) is 0.579. The first-order chi connectivity index (χ1) is 7.63. The van der Waals surface area contributed by atoms with Crippen LogP contribution in [0.25, 0.3) is 0 Å². The molecule has 0 radical (unpaired) electrons. The normalized spacial score (nSPS) is 19.8. The highest BCUT2D eigenvalue weighted by Gasteiger charge is 2.30. The summed E-state index contributed by atoms with van der Waals surface area (Å²) in [5.74, 6) is 0.839. The minimum Gasteiger partial charge on any atom is -0.390 e. The number of hydrogen-bond donors (Lipinski definition) is 2. The van der Waals surface area contributed by atoms with Crippen molar-refractivity contribution in [1.82, 2.24) is 10.2 Å². The molecule has 94 valence electrons. The summed E-state index contributed by atoms with van der Waals surface area (Å²) < 4.78 is 0. The van der Waals surface area contributed by atoms with E-state index in [9.17, 15) is 5.11 Å². The van der Waals surface area contributed by atoms with Gasteiger partial charge in [-0.3, -0.25) is 0 Å². The van der Waals surface area contributed by atoms with E-state index in [0.29, 0.717) is 12.6 Å². The molecule has 2 atom stereocenters. The molecule has 2 unspecified atom stereocenters. The second kappa shape index (κ2) is 7.05. The van der Waals surface area contributed by atoms with Crippen LogP contribution in [0.5, 0.6) is 0 Å². The first-order valence-corrected chi connectivity index (χ1v) is 6.30. The third-order valence-electron chi connectivity index (χ3n) is 3.06. The Morgan fingerprint density at radius 1 is 1.50 bits per heavy atom. The summed E-state index contributed by atoms with van der Waals surface area (Å²) in [5, 5.41) is 13.3. The fourth-order valence-electron chi connectivity index (χ4n) is 2.07. The van der Waals surface area contributed by atoms with E-state index in [4.69, 9.17) is 0 Å². The van der Waals surface area contributed by atoms with Crippen molar-refractivity contribution in [2.24, 2.45) is 5.92 Å². The van der Waals surface area contributed by atoms with Crippen molar-refractivity contribution in [2.45, 2.75) is 37.8 Å². The van der Waals surface area contributed by atoms with E-state index < -0.39 is 0 Å². The van der Waals surface area contributed by atoms with Crippen LogP contribution in [0.4, 0.5) is 0 Å². The summed E-state index contributed by atoms with van der Waals surface area (Å²) in [5.41, 5.74) is 0. The predicted octanol–water partition coefficient (Wildman–Crippen LogP) is 1.24. The van der Waals surface area contributed by atoms with Crippen LogP contribution >= 0.6 is 0 Å². The number of aliphatic hydroxyl groups is 1. The summed E-state index contributed by atoms with van der Waals surface area (Å²) in [6.07, 6.45) is 6.63. The van der Waals surface area contributed by atoms with Crippen molar-refractivity contribution in [3.8, 4) is 0 Å². The summed E-state index contributed by atoms with van der Waals surface area (Å²) in [6.45, 7) is 5.20. The first kappa shape index (κ1) is 13.7. The van der Waals surface area contributed by atoms with E-state index >= 15 is 0 Å². The van der Waals surface area contributed by atoms with Gasteiger partial charge in [-0.05, 0) is 45.7 Å². The molecule has 0 saturated heterocycles. The Bertz CT molecular complexity index is 202. The van der Waals surface area contributed by atoms with Gasteiger partial charge in [-0.2, -0.15) is 0 Å². The number of aliphatic hydroxyl groups excluding tert-OH is 1. The van der Waals surface area contributed by atoms with E-state index in [-0.39, 0.29) is 6.10 Å². The average molecular weight is 226 g/mol. The molecular weight excluding hydrogens is 200 g/mol. The monoisotopic (exact) mass is 226 g/mol. The highest BCUT2D eigenvalue weighted by molar-refractivity contribution is 4.88. The lowest BCUT2D eigenvalue weighted by Crippen LogP contribution is -2.40. The van der Waals surface area contributed by atoms with Crippen LogP contribution < -0.4 is 5.32 Å². The smallest absolute Gasteiger partial charge is 0.0791 e. The molecule has 1 fully saturated rings. The average Bonchev–Trinajstić information content (AvgIpc) is 3.00. The quantitative estimate of drug-likeness (QED) is 0.581. The van der Waals surface area contributed by atoms with Crippen molar-refractivity contribution in [2.75, 3.05) is 27.2 Å². The topological polar surface area (TPSA) is 35.5 Å². The van der Waals surface area contributed by atoms with E-state index in [1.807, 2.05) is 25.1 Å². The number of hydrogen-bond acceptors (Lipinski definition) is 3. The maximum atomic E-state index is 9.77. The van der Waals surface area contributed by atoms with Gasteiger partial charge < -0.3 is 15.3 Å². The lowest BCUT2D eigenvalue weighted by molar-refractivity contribution is 0.129. The number of nitrogens with zero attached hydrogens (tertiary/aromatic N) is 1. The molecule has 1 aliphatic rings. The van der Waals surface area contributed by atoms with Crippen LogP contribution in [-0.4, -0.2) is 49.3 Å². The zero-order valence-electron chi connectivity index (χ0n) is 10.7. The molecule has 0 heterocycles. The molecule has 0 bridgehead atoms. The Morgan fingerprint density at radius 3 is 2.69 bits per heavy atom. The van der Waals surface area contributed by atoms with Gasteiger partial charge in [0, 0.05) is 19.1 Å². The Labute approximate surface area is 99.5 Å². The Kier molecular flexibility index (Phi) is 6.03. The third kappa shape index (κ3) is 5.64. The van der Waals surface area contributed by atoms with Gasteiger partial charge in [0.2, 0.25) is 0 Å². The minimum absolute atomic E-state index is 0.264. The molecule has 0 spiro atoms. The fourth-order valence-corrected chi connectivity index (χ4v) is 2.07. The van der Waals surface area contributed by atoms with E-state index in [2.05, 4.69) is 11.9 Å². The molecule has 0 aliphatic heterocycles. The summed E-state index contributed by atoms with van der Waals surface area (Å²) >= 11 is 0. The van der Waals surface area contributed by atoms with Crippen LogP contribution in [0.15, 0.2) is 12.7 Å². The third-order valence-corrected chi connectivity index (χ3v) is 3.06. The van der Waals surface area contributed by atoms with Gasteiger partial charge in [0.1, 0.15) is 0 Å². The van der Waals surface area contributed by atoms with Crippen molar-refractivity contribution in [3.63, 3.8) is 0 Å². The van der Waals surface area contributed by atoms with Crippen molar-refractivity contribution in [3.05, 3.63) is 12.7 Å². The number of nitrogens with one attached hydrogen (secondary N) is 1. The maximum Gasteiger partial charge on any atom is 0.0791 e. The number of rotatable bonds is 9. The SMILES string of the molecule is C=CCCC(NCC(O)CN(C)C)C1CC1. The second-order valence-electron chi connectivity index (χ2n) is 5.13. The zero-order chi connectivity index (χ0) is 12.0. The molecule has 2 N–H and O–H groups in total. The van der Waals surface area contributed by atoms with Gasteiger partial charge in [0.05, 0.1) is 6.10 Å². The van der Waals surface area contributed by atoms with E-state index in [1.165, 1.54) is 12.8 Å². The van der Waals surface area contributed by atoms with Gasteiger partial charge in [0.15, 0.2) is 0 Å². The van der Waals surface area contributed by atoms with Gasteiger partial charge in [-0.15, -0.1) is 6.58 Å². The van der Waals surface area contributed by atoms with Crippen LogP contribution in [-0.2, 0) is 0 Å². The molecule has 0 aromatic carbocycles. The van der Waals surface area contributed by atoms with Crippen LogP contribution in [0, 0.1) is 5.92 Å².